The van der Waals surface area contributed by atoms with E-state index in [9.17, 15) is 10.2 Å². The molecule has 0 spiro atoms. The van der Waals surface area contributed by atoms with E-state index < -0.39 is 12.2 Å². The molecule has 2 unspecified atom stereocenters. The van der Waals surface area contributed by atoms with Crippen LogP contribution in [0.4, 0.5) is 0 Å². The molecule has 3 nitrogen and oxygen atoms in total. The van der Waals surface area contributed by atoms with Crippen LogP contribution in [-0.2, 0) is 0 Å². The summed E-state index contributed by atoms with van der Waals surface area (Å²) in [4.78, 5) is 0. The van der Waals surface area contributed by atoms with Crippen LogP contribution >= 0.6 is 0 Å². The Labute approximate surface area is 222 Å². The van der Waals surface area contributed by atoms with Crippen molar-refractivity contribution in [3.05, 3.63) is 24.3 Å². The smallest absolute Gasteiger partial charge is 0.133 e. The Morgan fingerprint density at radius 1 is 0.583 bits per heavy atom. The van der Waals surface area contributed by atoms with Crippen molar-refractivity contribution in [2.75, 3.05) is 6.61 Å². The van der Waals surface area contributed by atoms with E-state index in [2.05, 4.69) is 41.8 Å². The van der Waals surface area contributed by atoms with Crippen molar-refractivity contribution < 1.29 is 15.3 Å². The van der Waals surface area contributed by atoms with Gasteiger partial charge in [-0.25, -0.2) is 0 Å². The number of hydrogen-bond acceptors (Lipinski definition) is 3. The van der Waals surface area contributed by atoms with E-state index in [1.165, 1.54) is 103 Å². The number of aliphatic hydroxyl groups excluding tert-OH is 3. The molecule has 0 rings (SSSR count). The summed E-state index contributed by atoms with van der Waals surface area (Å²) in [6.45, 7) is -0.187. The first-order valence-electron chi connectivity index (χ1n) is 14.4. The van der Waals surface area contributed by atoms with E-state index >= 15 is 0 Å². The van der Waals surface area contributed by atoms with E-state index in [4.69, 9.17) is 11.5 Å². The molecule has 0 aromatic carbocycles. The minimum atomic E-state index is -0.725. The number of unbranched alkanes of at least 4 members (excludes halogenated alkanes) is 17. The average molecular weight is 497 g/mol. The van der Waals surface area contributed by atoms with Gasteiger partial charge < -0.3 is 15.3 Å². The molecule has 202 valence electrons. The van der Waals surface area contributed by atoms with Crippen LogP contribution in [0.15, 0.2) is 24.3 Å². The fourth-order valence-corrected chi connectivity index (χ4v) is 4.04. The lowest BCUT2D eigenvalue weighted by molar-refractivity contribution is 0.217. The summed E-state index contributed by atoms with van der Waals surface area (Å²) >= 11 is 0. The minimum absolute atomic E-state index is 0.187. The van der Waals surface area contributed by atoms with Crippen LogP contribution in [0.2, 0.25) is 0 Å². The van der Waals surface area contributed by atoms with Gasteiger partial charge in [-0.15, -0.1) is 6.42 Å². The van der Waals surface area contributed by atoms with E-state index in [1.807, 2.05) is 6.08 Å². The lowest BCUT2D eigenvalue weighted by Crippen LogP contribution is -2.01. The van der Waals surface area contributed by atoms with Crippen molar-refractivity contribution in [2.24, 2.45) is 0 Å². The fourth-order valence-electron chi connectivity index (χ4n) is 4.04. The minimum Gasteiger partial charge on any atom is -0.384 e. The highest BCUT2D eigenvalue weighted by Crippen LogP contribution is 2.13. The maximum atomic E-state index is 9.72. The van der Waals surface area contributed by atoms with Crippen molar-refractivity contribution in [1.29, 1.82) is 0 Å². The number of rotatable bonds is 23. The largest absolute Gasteiger partial charge is 0.384 e. The van der Waals surface area contributed by atoms with Crippen LogP contribution in [0.25, 0.3) is 0 Å². The topological polar surface area (TPSA) is 60.7 Å². The summed E-state index contributed by atoms with van der Waals surface area (Å²) < 4.78 is 0. The molecule has 0 aliphatic heterocycles. The molecule has 0 aromatic rings. The number of hydrogen-bond donors (Lipinski definition) is 3. The van der Waals surface area contributed by atoms with Gasteiger partial charge in [0.05, 0.1) is 0 Å². The van der Waals surface area contributed by atoms with Crippen molar-refractivity contribution in [2.45, 2.75) is 141 Å². The van der Waals surface area contributed by atoms with Crippen LogP contribution in [0.3, 0.4) is 0 Å². The molecule has 3 heteroatoms. The van der Waals surface area contributed by atoms with Crippen molar-refractivity contribution in [3.63, 3.8) is 0 Å². The summed E-state index contributed by atoms with van der Waals surface area (Å²) in [5.74, 6) is 12.5. The summed E-state index contributed by atoms with van der Waals surface area (Å²) in [7, 11) is 0. The standard InChI is InChI=1S/C33H52O3/c1-2-32(35)28-24-21-19-17-15-13-11-9-7-5-3-4-6-8-10-12-14-16-18-20-22-25-29-33(36)30-26-23-27-31-34/h1,3-4,24,28,32-36H,5-22,25,29,31H2/b4-3-,28-24+. The molecule has 3 N–H and O–H groups in total. The second-order valence-electron chi connectivity index (χ2n) is 9.57. The van der Waals surface area contributed by atoms with E-state index in [1.54, 1.807) is 6.08 Å². The number of aliphatic hydroxyl groups is 3. The lowest BCUT2D eigenvalue weighted by Gasteiger charge is -2.04. The predicted octanol–water partition coefficient (Wildman–Crippen LogP) is 7.25. The lowest BCUT2D eigenvalue weighted by atomic mass is 10.0. The Kier molecular flexibility index (Phi) is 27.7. The first kappa shape index (κ1) is 34.0. The fraction of sp³-hybridized carbons (Fsp3) is 0.697. The van der Waals surface area contributed by atoms with Gasteiger partial charge in [-0.2, -0.15) is 0 Å². The second-order valence-corrected chi connectivity index (χ2v) is 9.57. The second kappa shape index (κ2) is 29.3. The molecule has 0 radical (unpaired) electrons. The average Bonchev–Trinajstić information content (AvgIpc) is 2.88. The van der Waals surface area contributed by atoms with Gasteiger partial charge in [0, 0.05) is 0 Å². The Bertz CT molecular complexity index is 692. The van der Waals surface area contributed by atoms with Gasteiger partial charge in [0.25, 0.3) is 0 Å². The number of terminal acetylenes is 1. The molecular formula is C33H52O3. The van der Waals surface area contributed by atoms with Crippen LogP contribution in [0.5, 0.6) is 0 Å². The molecule has 2 atom stereocenters. The molecule has 0 fully saturated rings. The summed E-state index contributed by atoms with van der Waals surface area (Å²) in [5.41, 5.74) is 0. The zero-order valence-corrected chi connectivity index (χ0v) is 22.7. The molecule has 0 heterocycles. The van der Waals surface area contributed by atoms with Gasteiger partial charge in [-0.1, -0.05) is 113 Å². The Balaban J connectivity index is 3.26. The molecule has 36 heavy (non-hydrogen) atoms. The Morgan fingerprint density at radius 2 is 1.03 bits per heavy atom. The maximum absolute atomic E-state index is 9.72. The maximum Gasteiger partial charge on any atom is 0.133 e. The highest BCUT2D eigenvalue weighted by atomic mass is 16.3. The third-order valence-corrected chi connectivity index (χ3v) is 6.21. The van der Waals surface area contributed by atoms with Gasteiger partial charge in [-0.3, -0.25) is 0 Å². The molecular weight excluding hydrogens is 444 g/mol. The van der Waals surface area contributed by atoms with Crippen LogP contribution in [-0.4, -0.2) is 34.1 Å². The third kappa shape index (κ3) is 28.3. The van der Waals surface area contributed by atoms with E-state index in [0.29, 0.717) is 6.42 Å². The zero-order valence-electron chi connectivity index (χ0n) is 22.7. The van der Waals surface area contributed by atoms with Crippen LogP contribution < -0.4 is 0 Å². The Hall–Kier alpha value is -1.96. The van der Waals surface area contributed by atoms with Gasteiger partial charge in [-0.05, 0) is 69.3 Å². The van der Waals surface area contributed by atoms with Gasteiger partial charge in [0.1, 0.15) is 18.8 Å². The molecule has 0 aliphatic rings. The zero-order chi connectivity index (χ0) is 26.4. The SMILES string of the molecule is C#CC(O)/C=C/CCCCCCCCC/C=C\CCCCCCCCCCCC(O)C#CC#CCO. The molecule has 0 saturated carbocycles. The van der Waals surface area contributed by atoms with Crippen LogP contribution in [0.1, 0.15) is 128 Å². The van der Waals surface area contributed by atoms with Gasteiger partial charge >= 0.3 is 0 Å². The third-order valence-electron chi connectivity index (χ3n) is 6.21. The first-order valence-corrected chi connectivity index (χ1v) is 14.4. The van der Waals surface area contributed by atoms with Gasteiger partial charge in [0.2, 0.25) is 0 Å². The molecule has 0 aliphatic carbocycles. The normalized spacial score (nSPS) is 12.6. The monoisotopic (exact) mass is 496 g/mol. The highest BCUT2D eigenvalue weighted by molar-refractivity contribution is 5.27. The van der Waals surface area contributed by atoms with E-state index in [0.717, 1.165) is 19.3 Å². The quantitative estimate of drug-likeness (QED) is 0.0793. The molecule has 0 saturated heterocycles. The molecule has 0 bridgehead atoms. The van der Waals surface area contributed by atoms with Crippen molar-refractivity contribution >= 4 is 0 Å². The Morgan fingerprint density at radius 3 is 1.50 bits per heavy atom. The highest BCUT2D eigenvalue weighted by Gasteiger charge is 1.99. The van der Waals surface area contributed by atoms with Crippen LogP contribution in [0, 0.1) is 36.0 Å². The van der Waals surface area contributed by atoms with Gasteiger partial charge in [0.15, 0.2) is 0 Å². The van der Waals surface area contributed by atoms with Crippen molar-refractivity contribution in [3.8, 4) is 36.0 Å². The number of allylic oxidation sites excluding steroid dienone is 3. The van der Waals surface area contributed by atoms with Crippen molar-refractivity contribution in [1.82, 2.24) is 0 Å². The first-order chi connectivity index (χ1) is 17.7. The summed E-state index contributed by atoms with van der Waals surface area (Å²) in [5, 5.41) is 27.5. The summed E-state index contributed by atoms with van der Waals surface area (Å²) in [6.07, 6.45) is 36.9. The molecule has 0 amide bonds. The predicted molar refractivity (Wildman–Crippen MR) is 154 cm³/mol. The molecule has 0 aromatic heterocycles. The summed E-state index contributed by atoms with van der Waals surface area (Å²) in [6, 6.07) is 0. The van der Waals surface area contributed by atoms with E-state index in [-0.39, 0.29) is 6.61 Å².